The zero-order valence-electron chi connectivity index (χ0n) is 11.6. The Bertz CT molecular complexity index is 638. The van der Waals surface area contributed by atoms with Crippen molar-refractivity contribution in [2.75, 3.05) is 11.9 Å². The molecule has 1 aliphatic heterocycles. The van der Waals surface area contributed by atoms with Crippen molar-refractivity contribution in [3.63, 3.8) is 0 Å². The number of fused-ring (bicyclic) bond motifs is 1. The van der Waals surface area contributed by atoms with Crippen molar-refractivity contribution in [1.29, 1.82) is 0 Å². The van der Waals surface area contributed by atoms with E-state index in [-0.39, 0.29) is 12.1 Å². The zero-order valence-corrected chi connectivity index (χ0v) is 12.4. The second kappa shape index (κ2) is 5.25. The van der Waals surface area contributed by atoms with E-state index in [2.05, 4.69) is 17.2 Å². The molecule has 2 heterocycles. The largest absolute Gasteiger partial charge is 0.359 e. The molecule has 1 aromatic carbocycles. The van der Waals surface area contributed by atoms with E-state index in [1.807, 2.05) is 41.5 Å². The first-order chi connectivity index (χ1) is 9.70. The van der Waals surface area contributed by atoms with Crippen LogP contribution in [0, 0.1) is 6.92 Å². The quantitative estimate of drug-likeness (QED) is 0.940. The Morgan fingerprint density at radius 1 is 1.40 bits per heavy atom. The minimum Gasteiger partial charge on any atom is -0.359 e. The van der Waals surface area contributed by atoms with Crippen molar-refractivity contribution in [2.24, 2.45) is 0 Å². The van der Waals surface area contributed by atoms with E-state index in [1.165, 1.54) is 0 Å². The molecule has 5 heteroatoms. The second-order valence-corrected chi connectivity index (χ2v) is 5.94. The zero-order chi connectivity index (χ0) is 14.1. The Morgan fingerprint density at radius 2 is 2.20 bits per heavy atom. The molecule has 1 aromatic heterocycles. The maximum Gasteiger partial charge on any atom is 0.257 e. The molecule has 3 rings (SSSR count). The molecule has 1 aliphatic rings. The van der Waals surface area contributed by atoms with Gasteiger partial charge in [-0.1, -0.05) is 19.1 Å². The van der Waals surface area contributed by atoms with Crippen molar-refractivity contribution in [3.05, 3.63) is 45.9 Å². The van der Waals surface area contributed by atoms with E-state index >= 15 is 0 Å². The number of nitrogens with one attached hydrogen (secondary N) is 1. The average Bonchev–Trinajstić information content (AvgIpc) is 2.88. The summed E-state index contributed by atoms with van der Waals surface area (Å²) >= 11 is 1.61. The van der Waals surface area contributed by atoms with Crippen LogP contribution in [0.15, 0.2) is 29.6 Å². The van der Waals surface area contributed by atoms with Crippen LogP contribution in [-0.4, -0.2) is 22.3 Å². The summed E-state index contributed by atoms with van der Waals surface area (Å²) in [6, 6.07) is 7.66. The van der Waals surface area contributed by atoms with Gasteiger partial charge in [0.25, 0.3) is 5.91 Å². The van der Waals surface area contributed by atoms with Gasteiger partial charge in [-0.15, -0.1) is 11.3 Å². The molecule has 0 spiro atoms. The lowest BCUT2D eigenvalue weighted by atomic mass is 10.1. The normalized spacial score (nSPS) is 17.8. The number of aromatic nitrogens is 1. The minimum absolute atomic E-state index is 0.0804. The number of carbonyl (C=O) groups excluding carboxylic acids is 1. The van der Waals surface area contributed by atoms with E-state index in [4.69, 9.17) is 0 Å². The minimum atomic E-state index is -0.165. The number of rotatable bonds is 3. The van der Waals surface area contributed by atoms with Crippen LogP contribution in [0.25, 0.3) is 0 Å². The number of thiazole rings is 1. The van der Waals surface area contributed by atoms with Crippen LogP contribution in [0.3, 0.4) is 0 Å². The van der Waals surface area contributed by atoms with Gasteiger partial charge in [-0.3, -0.25) is 4.79 Å². The maximum absolute atomic E-state index is 12.7. The van der Waals surface area contributed by atoms with Gasteiger partial charge in [0.2, 0.25) is 0 Å². The van der Waals surface area contributed by atoms with Crippen LogP contribution in [0.5, 0.6) is 0 Å². The fraction of sp³-hybridized carbons (Fsp3) is 0.333. The molecule has 0 unspecified atom stereocenters. The third-order valence-corrected chi connectivity index (χ3v) is 4.20. The Kier molecular flexibility index (Phi) is 3.44. The highest BCUT2D eigenvalue weighted by Gasteiger charge is 2.33. The van der Waals surface area contributed by atoms with Crippen molar-refractivity contribution >= 4 is 22.9 Å². The first-order valence-electron chi connectivity index (χ1n) is 6.79. The fourth-order valence-corrected chi connectivity index (χ4v) is 3.13. The number of amides is 1. The summed E-state index contributed by atoms with van der Waals surface area (Å²) in [4.78, 5) is 19.1. The van der Waals surface area contributed by atoms with Crippen molar-refractivity contribution in [1.82, 2.24) is 9.88 Å². The molecular weight excluding hydrogens is 270 g/mol. The molecule has 1 amide bonds. The lowest BCUT2D eigenvalue weighted by molar-refractivity contribution is 0.0680. The molecule has 2 aromatic rings. The van der Waals surface area contributed by atoms with Crippen LogP contribution < -0.4 is 5.32 Å². The van der Waals surface area contributed by atoms with Crippen LogP contribution in [0.1, 0.15) is 40.6 Å². The van der Waals surface area contributed by atoms with Crippen LogP contribution in [0.2, 0.25) is 0 Å². The number of hydrogen-bond acceptors (Lipinski definition) is 4. The molecular formula is C15H17N3OS. The summed E-state index contributed by atoms with van der Waals surface area (Å²) in [5, 5.41) is 6.48. The summed E-state index contributed by atoms with van der Waals surface area (Å²) in [6.07, 6.45) is 0.761. The highest BCUT2D eigenvalue weighted by molar-refractivity contribution is 7.09. The predicted octanol–water partition coefficient (Wildman–Crippen LogP) is 3.43. The van der Waals surface area contributed by atoms with E-state index < -0.39 is 0 Å². The molecule has 20 heavy (non-hydrogen) atoms. The van der Waals surface area contributed by atoms with Crippen LogP contribution >= 0.6 is 11.3 Å². The predicted molar refractivity (Wildman–Crippen MR) is 81.0 cm³/mol. The Morgan fingerprint density at radius 3 is 2.90 bits per heavy atom. The molecule has 1 N–H and O–H groups in total. The van der Waals surface area contributed by atoms with Gasteiger partial charge < -0.3 is 10.2 Å². The van der Waals surface area contributed by atoms with Gasteiger partial charge in [0, 0.05) is 17.6 Å². The smallest absolute Gasteiger partial charge is 0.257 e. The van der Waals surface area contributed by atoms with E-state index in [0.29, 0.717) is 0 Å². The number of aryl methyl sites for hydroxylation is 1. The molecule has 1 atom stereocenters. The van der Waals surface area contributed by atoms with E-state index in [0.717, 1.165) is 34.9 Å². The monoisotopic (exact) mass is 287 g/mol. The second-order valence-electron chi connectivity index (χ2n) is 4.88. The number of carbonyl (C=O) groups is 1. The molecule has 0 saturated carbocycles. The summed E-state index contributed by atoms with van der Waals surface area (Å²) in [5.74, 6) is 0.0804. The van der Waals surface area contributed by atoms with Gasteiger partial charge in [-0.05, 0) is 25.5 Å². The maximum atomic E-state index is 12.7. The third kappa shape index (κ3) is 2.18. The molecule has 0 fully saturated rings. The van der Waals surface area contributed by atoms with Crippen molar-refractivity contribution < 1.29 is 4.79 Å². The Hall–Kier alpha value is -1.88. The molecule has 0 saturated heterocycles. The highest BCUT2D eigenvalue weighted by Crippen LogP contribution is 2.33. The fourth-order valence-electron chi connectivity index (χ4n) is 2.50. The standard InChI is InChI=1S/C15H17N3OS/c1-3-8-18-14(13-9-20-10(2)16-13)17-12-7-5-4-6-11(12)15(18)19/h4-7,9,14,17H,3,8H2,1-2H3/t14-/m1/s1. The van der Waals surface area contributed by atoms with Gasteiger partial charge in [0.1, 0.15) is 6.17 Å². The number of para-hydroxylation sites is 1. The number of anilines is 1. The summed E-state index contributed by atoms with van der Waals surface area (Å²) in [5.41, 5.74) is 2.55. The lowest BCUT2D eigenvalue weighted by Crippen LogP contribution is -2.43. The lowest BCUT2D eigenvalue weighted by Gasteiger charge is -2.36. The van der Waals surface area contributed by atoms with E-state index in [9.17, 15) is 4.79 Å². The molecule has 104 valence electrons. The molecule has 0 aliphatic carbocycles. The van der Waals surface area contributed by atoms with Gasteiger partial charge in [0.15, 0.2) is 0 Å². The number of nitrogens with zero attached hydrogens (tertiary/aromatic N) is 2. The molecule has 0 radical (unpaired) electrons. The van der Waals surface area contributed by atoms with Crippen LogP contribution in [0.4, 0.5) is 5.69 Å². The SMILES string of the molecule is CCCN1C(=O)c2ccccc2N[C@H]1c1csc(C)n1. The summed E-state index contributed by atoms with van der Waals surface area (Å²) < 4.78 is 0. The van der Waals surface area contributed by atoms with Gasteiger partial charge in [-0.25, -0.2) is 4.98 Å². The first kappa shape index (κ1) is 13.1. The molecule has 4 nitrogen and oxygen atoms in total. The van der Waals surface area contributed by atoms with Gasteiger partial charge >= 0.3 is 0 Å². The summed E-state index contributed by atoms with van der Waals surface area (Å²) in [6.45, 7) is 4.79. The average molecular weight is 287 g/mol. The van der Waals surface area contributed by atoms with Crippen LogP contribution in [-0.2, 0) is 0 Å². The van der Waals surface area contributed by atoms with E-state index in [1.54, 1.807) is 11.3 Å². The Balaban J connectivity index is 2.03. The number of hydrogen-bond donors (Lipinski definition) is 1. The molecule has 0 bridgehead atoms. The summed E-state index contributed by atoms with van der Waals surface area (Å²) in [7, 11) is 0. The highest BCUT2D eigenvalue weighted by atomic mass is 32.1. The van der Waals surface area contributed by atoms with Crippen molar-refractivity contribution in [2.45, 2.75) is 26.4 Å². The number of benzene rings is 1. The Labute approximate surface area is 122 Å². The van der Waals surface area contributed by atoms with Crippen molar-refractivity contribution in [3.8, 4) is 0 Å². The van der Waals surface area contributed by atoms with Gasteiger partial charge in [-0.2, -0.15) is 0 Å². The first-order valence-corrected chi connectivity index (χ1v) is 7.67. The third-order valence-electron chi connectivity index (χ3n) is 3.40. The van der Waals surface area contributed by atoms with Gasteiger partial charge in [0.05, 0.1) is 16.3 Å². The topological polar surface area (TPSA) is 45.2 Å².